The average Bonchev–Trinajstić information content (AvgIpc) is 3.24. The molecule has 0 saturated heterocycles. The quantitative estimate of drug-likeness (QED) is 0.780. The molecule has 0 aromatic carbocycles. The minimum absolute atomic E-state index is 0.0181. The molecule has 4 aliphatic rings. The first kappa shape index (κ1) is 17.7. The largest absolute Gasteiger partial charge is 0.472 e. The second-order valence-electron chi connectivity index (χ2n) is 9.97. The second-order valence-corrected chi connectivity index (χ2v) is 9.97. The SMILES string of the molecule is C[C@]12CC[C@H]3[C@@H](CCC4=CC(=O)CC[C@@]43C)[C@@]1(O)CC[C@]2(O)c1ccoc1. The van der Waals surface area contributed by atoms with Crippen LogP contribution in [0.25, 0.3) is 0 Å². The van der Waals surface area contributed by atoms with Crippen molar-refractivity contribution < 1.29 is 19.4 Å². The van der Waals surface area contributed by atoms with E-state index in [-0.39, 0.29) is 17.1 Å². The van der Waals surface area contributed by atoms with Gasteiger partial charge in [-0.2, -0.15) is 0 Å². The first-order valence-corrected chi connectivity index (χ1v) is 10.5. The molecule has 146 valence electrons. The zero-order chi connectivity index (χ0) is 19.1. The molecule has 4 aliphatic carbocycles. The van der Waals surface area contributed by atoms with Crippen molar-refractivity contribution in [3.63, 3.8) is 0 Å². The summed E-state index contributed by atoms with van der Waals surface area (Å²) in [5.41, 5.74) is -0.380. The fraction of sp³-hybridized carbons (Fsp3) is 0.696. The van der Waals surface area contributed by atoms with Gasteiger partial charge in [-0.3, -0.25) is 4.79 Å². The van der Waals surface area contributed by atoms with E-state index in [2.05, 4.69) is 13.8 Å². The summed E-state index contributed by atoms with van der Waals surface area (Å²) in [6.07, 6.45) is 11.5. The van der Waals surface area contributed by atoms with Gasteiger partial charge in [-0.1, -0.05) is 19.4 Å². The number of aliphatic hydroxyl groups is 2. The Bertz CT molecular complexity index is 810. The van der Waals surface area contributed by atoms with Crippen molar-refractivity contribution in [1.29, 1.82) is 0 Å². The molecule has 6 atom stereocenters. The van der Waals surface area contributed by atoms with E-state index < -0.39 is 16.6 Å². The maximum absolute atomic E-state index is 12.1. The summed E-state index contributed by atoms with van der Waals surface area (Å²) in [6.45, 7) is 4.40. The summed E-state index contributed by atoms with van der Waals surface area (Å²) in [7, 11) is 0. The fourth-order valence-electron chi connectivity index (χ4n) is 7.51. The maximum Gasteiger partial charge on any atom is 0.155 e. The summed E-state index contributed by atoms with van der Waals surface area (Å²) in [5, 5.41) is 23.8. The first-order valence-electron chi connectivity index (χ1n) is 10.5. The Labute approximate surface area is 160 Å². The molecule has 0 spiro atoms. The van der Waals surface area contributed by atoms with Crippen molar-refractivity contribution in [3.05, 3.63) is 35.8 Å². The van der Waals surface area contributed by atoms with Gasteiger partial charge >= 0.3 is 0 Å². The number of allylic oxidation sites excluding steroid dienone is 1. The second kappa shape index (κ2) is 5.36. The lowest BCUT2D eigenvalue weighted by atomic mass is 9.44. The molecule has 3 saturated carbocycles. The number of hydrogen-bond acceptors (Lipinski definition) is 4. The molecule has 3 fully saturated rings. The van der Waals surface area contributed by atoms with Crippen LogP contribution in [0.1, 0.15) is 70.8 Å². The predicted octanol–water partition coefficient (Wildman–Crippen LogP) is 4.11. The average molecular weight is 370 g/mol. The molecule has 5 rings (SSSR count). The van der Waals surface area contributed by atoms with Crippen LogP contribution in [0.3, 0.4) is 0 Å². The van der Waals surface area contributed by atoms with Crippen LogP contribution in [0.2, 0.25) is 0 Å². The maximum atomic E-state index is 12.1. The van der Waals surface area contributed by atoms with Crippen molar-refractivity contribution in [3.8, 4) is 0 Å². The molecular weight excluding hydrogens is 340 g/mol. The Hall–Kier alpha value is -1.39. The van der Waals surface area contributed by atoms with Gasteiger partial charge in [-0.25, -0.2) is 0 Å². The van der Waals surface area contributed by atoms with Gasteiger partial charge in [0, 0.05) is 17.4 Å². The van der Waals surface area contributed by atoms with Crippen LogP contribution in [0.4, 0.5) is 0 Å². The zero-order valence-corrected chi connectivity index (χ0v) is 16.3. The third-order valence-corrected chi connectivity index (χ3v) is 9.29. The third-order valence-electron chi connectivity index (χ3n) is 9.29. The highest BCUT2D eigenvalue weighted by Crippen LogP contribution is 2.71. The lowest BCUT2D eigenvalue weighted by Gasteiger charge is -2.62. The van der Waals surface area contributed by atoms with Crippen LogP contribution in [0, 0.1) is 22.7 Å². The molecule has 0 aliphatic heterocycles. The van der Waals surface area contributed by atoms with E-state index >= 15 is 0 Å². The Morgan fingerprint density at radius 2 is 1.85 bits per heavy atom. The van der Waals surface area contributed by atoms with E-state index in [1.165, 1.54) is 5.57 Å². The molecule has 1 heterocycles. The summed E-state index contributed by atoms with van der Waals surface area (Å²) in [4.78, 5) is 12.0. The lowest BCUT2D eigenvalue weighted by Crippen LogP contribution is -2.63. The predicted molar refractivity (Wildman–Crippen MR) is 101 cm³/mol. The fourth-order valence-corrected chi connectivity index (χ4v) is 7.51. The molecule has 0 radical (unpaired) electrons. The molecule has 0 bridgehead atoms. The van der Waals surface area contributed by atoms with Gasteiger partial charge in [0.05, 0.1) is 18.1 Å². The van der Waals surface area contributed by atoms with Gasteiger partial charge in [0.25, 0.3) is 0 Å². The number of carbonyl (C=O) groups excluding carboxylic acids is 1. The Morgan fingerprint density at radius 1 is 1.04 bits per heavy atom. The van der Waals surface area contributed by atoms with E-state index in [0.29, 0.717) is 25.2 Å². The van der Waals surface area contributed by atoms with Gasteiger partial charge in [0.1, 0.15) is 5.60 Å². The van der Waals surface area contributed by atoms with Crippen molar-refractivity contribution in [2.75, 3.05) is 0 Å². The van der Waals surface area contributed by atoms with Crippen LogP contribution in [-0.2, 0) is 10.4 Å². The standard InChI is InChI=1S/C23H30O4/c1-20-8-5-17(24)13-15(20)3-4-19-18(20)6-9-21(2)22(25,10-11-23(19,21)26)16-7-12-27-14-16/h7,12-14,18-19,25-26H,3-6,8-11H2,1-2H3/t18-,19+,20-,21+,22-,23-/m0/s1. The number of fused-ring (bicyclic) bond motifs is 5. The Morgan fingerprint density at radius 3 is 2.59 bits per heavy atom. The molecule has 1 aromatic heterocycles. The highest BCUT2D eigenvalue weighted by atomic mass is 16.3. The van der Waals surface area contributed by atoms with E-state index in [1.807, 2.05) is 12.1 Å². The Kier molecular flexibility index (Phi) is 3.51. The molecule has 4 heteroatoms. The van der Waals surface area contributed by atoms with E-state index in [4.69, 9.17) is 4.42 Å². The van der Waals surface area contributed by atoms with Gasteiger partial charge in [0.2, 0.25) is 0 Å². The van der Waals surface area contributed by atoms with E-state index in [1.54, 1.807) is 12.5 Å². The molecule has 4 nitrogen and oxygen atoms in total. The minimum Gasteiger partial charge on any atom is -0.472 e. The number of hydrogen-bond donors (Lipinski definition) is 2. The number of rotatable bonds is 1. The molecule has 0 amide bonds. The lowest BCUT2D eigenvalue weighted by molar-refractivity contribution is -0.221. The molecule has 1 aromatic rings. The van der Waals surface area contributed by atoms with Gasteiger partial charge < -0.3 is 14.6 Å². The summed E-state index contributed by atoms with van der Waals surface area (Å²) >= 11 is 0. The minimum atomic E-state index is -1.04. The van der Waals surface area contributed by atoms with Crippen molar-refractivity contribution >= 4 is 5.78 Å². The summed E-state index contributed by atoms with van der Waals surface area (Å²) < 4.78 is 5.27. The molecule has 2 N–H and O–H groups in total. The Balaban J connectivity index is 1.56. The molecule has 27 heavy (non-hydrogen) atoms. The monoisotopic (exact) mass is 370 g/mol. The van der Waals surface area contributed by atoms with Crippen LogP contribution in [0.15, 0.2) is 34.7 Å². The van der Waals surface area contributed by atoms with Crippen molar-refractivity contribution in [1.82, 2.24) is 0 Å². The smallest absolute Gasteiger partial charge is 0.155 e. The number of carbonyl (C=O) groups is 1. The van der Waals surface area contributed by atoms with Crippen LogP contribution >= 0.6 is 0 Å². The van der Waals surface area contributed by atoms with E-state index in [0.717, 1.165) is 37.7 Å². The number of furan rings is 1. The molecule has 0 unspecified atom stereocenters. The third kappa shape index (κ3) is 1.99. The van der Waals surface area contributed by atoms with Gasteiger partial charge in [-0.05, 0) is 74.3 Å². The highest BCUT2D eigenvalue weighted by molar-refractivity contribution is 5.91. The summed E-state index contributed by atoms with van der Waals surface area (Å²) in [5.74, 6) is 0.818. The van der Waals surface area contributed by atoms with Crippen molar-refractivity contribution in [2.45, 2.75) is 76.4 Å². The molecular formula is C23H30O4. The van der Waals surface area contributed by atoms with Crippen LogP contribution in [0.5, 0.6) is 0 Å². The normalized spacial score (nSPS) is 49.2. The van der Waals surface area contributed by atoms with E-state index in [9.17, 15) is 15.0 Å². The van der Waals surface area contributed by atoms with Crippen molar-refractivity contribution in [2.24, 2.45) is 22.7 Å². The highest BCUT2D eigenvalue weighted by Gasteiger charge is 2.71. The topological polar surface area (TPSA) is 70.7 Å². The first-order chi connectivity index (χ1) is 12.7. The summed E-state index contributed by atoms with van der Waals surface area (Å²) in [6, 6.07) is 1.85. The number of ketones is 1. The zero-order valence-electron chi connectivity index (χ0n) is 16.3. The van der Waals surface area contributed by atoms with Gasteiger partial charge in [0.15, 0.2) is 5.78 Å². The van der Waals surface area contributed by atoms with Crippen LogP contribution in [-0.4, -0.2) is 21.6 Å². The van der Waals surface area contributed by atoms with Gasteiger partial charge in [-0.15, -0.1) is 0 Å². The van der Waals surface area contributed by atoms with Crippen LogP contribution < -0.4 is 0 Å².